The van der Waals surface area contributed by atoms with Crippen molar-refractivity contribution in [1.82, 2.24) is 15.2 Å². The molecule has 3 aromatic rings. The second-order valence-electron chi connectivity index (χ2n) is 8.31. The summed E-state index contributed by atoms with van der Waals surface area (Å²) in [5, 5.41) is 4.07. The molecule has 184 valence electrons. The third-order valence-electron chi connectivity index (χ3n) is 5.37. The Hall–Kier alpha value is -3.57. The number of rotatable bonds is 6. The molecule has 1 aromatic heterocycles. The average Bonchev–Trinajstić information content (AvgIpc) is 3.37. The van der Waals surface area contributed by atoms with Gasteiger partial charge in [-0.3, -0.25) is 9.69 Å². The van der Waals surface area contributed by atoms with Crippen molar-refractivity contribution in [3.05, 3.63) is 64.8 Å². The summed E-state index contributed by atoms with van der Waals surface area (Å²) in [6, 6.07) is 11.9. The number of amides is 2. The van der Waals surface area contributed by atoms with Gasteiger partial charge in [0.05, 0.1) is 24.4 Å². The molecule has 0 spiro atoms. The lowest BCUT2D eigenvalue weighted by molar-refractivity contribution is 0.0916. The van der Waals surface area contributed by atoms with E-state index in [1.54, 1.807) is 67.7 Å². The quantitative estimate of drug-likeness (QED) is 0.383. The zero-order chi connectivity index (χ0) is 25.3. The van der Waals surface area contributed by atoms with Crippen molar-refractivity contribution in [3.63, 3.8) is 0 Å². The van der Waals surface area contributed by atoms with Gasteiger partial charge in [-0.15, -0.1) is 4.40 Å². The lowest BCUT2D eigenvalue weighted by atomic mass is 10.1. The number of sulfonamides is 1. The van der Waals surface area contributed by atoms with Gasteiger partial charge in [-0.1, -0.05) is 11.6 Å². The average molecular weight is 518 g/mol. The van der Waals surface area contributed by atoms with Gasteiger partial charge in [-0.05, 0) is 42.5 Å². The summed E-state index contributed by atoms with van der Waals surface area (Å²) in [6.45, 7) is 0.392. The Labute approximate surface area is 207 Å². The van der Waals surface area contributed by atoms with Gasteiger partial charge in [-0.2, -0.15) is 0 Å². The highest BCUT2D eigenvalue weighted by atomic mass is 35.5. The number of anilines is 1. The third-order valence-corrected chi connectivity index (χ3v) is 6.19. The van der Waals surface area contributed by atoms with E-state index in [1.807, 2.05) is 0 Å². The molecule has 1 saturated heterocycles. The first-order valence-corrected chi connectivity index (χ1v) is 12.8. The number of carbonyl (C=O) groups is 2. The van der Waals surface area contributed by atoms with Crippen molar-refractivity contribution in [3.8, 4) is 0 Å². The number of fused-ring (bicyclic) bond motifs is 1. The number of benzene rings is 2. The van der Waals surface area contributed by atoms with Crippen molar-refractivity contribution < 1.29 is 22.7 Å². The van der Waals surface area contributed by atoms with Crippen LogP contribution in [-0.4, -0.2) is 75.7 Å². The van der Waals surface area contributed by atoms with Crippen LogP contribution in [0.3, 0.4) is 0 Å². The second kappa shape index (κ2) is 9.59. The Morgan fingerprint density at radius 2 is 1.91 bits per heavy atom. The zero-order valence-electron chi connectivity index (χ0n) is 19.3. The van der Waals surface area contributed by atoms with Crippen LogP contribution in [0, 0.1) is 0 Å². The van der Waals surface area contributed by atoms with Crippen LogP contribution < -0.4 is 10.2 Å². The molecule has 0 saturated carbocycles. The smallest absolute Gasteiger partial charge is 0.414 e. The van der Waals surface area contributed by atoms with Crippen LogP contribution in [-0.2, 0) is 14.8 Å². The number of carbonyl (C=O) groups excluding carboxylic acids is 2. The number of hydrogen-bond donors (Lipinski definition) is 2. The van der Waals surface area contributed by atoms with E-state index in [-0.39, 0.29) is 24.8 Å². The minimum absolute atomic E-state index is 0.143. The van der Waals surface area contributed by atoms with Crippen molar-refractivity contribution in [2.45, 2.75) is 6.10 Å². The standard InChI is InChI=1S/C23H24ClN5O5S/c1-28(2)21(27-35(3,32)33)14-4-7-16(8-5-14)29-13-17(34-23(29)31)11-26-22(30)15-6-9-20-18(10-15)19(24)12-25-20/h4-10,12,17,25H,11,13H2,1-3H3,(H,26,30). The molecule has 1 unspecified atom stereocenters. The Bertz CT molecular complexity index is 1420. The second-order valence-corrected chi connectivity index (χ2v) is 10.4. The number of aromatic nitrogens is 1. The fourth-order valence-electron chi connectivity index (χ4n) is 3.72. The summed E-state index contributed by atoms with van der Waals surface area (Å²) in [7, 11) is -0.195. The highest BCUT2D eigenvalue weighted by Crippen LogP contribution is 2.25. The van der Waals surface area contributed by atoms with Gasteiger partial charge in [0.1, 0.15) is 11.9 Å². The van der Waals surface area contributed by atoms with E-state index in [0.29, 0.717) is 21.8 Å². The van der Waals surface area contributed by atoms with Crippen molar-refractivity contribution in [2.24, 2.45) is 4.40 Å². The monoisotopic (exact) mass is 517 g/mol. The SMILES string of the molecule is CN(C)C(=NS(C)(=O)=O)c1ccc(N2CC(CNC(=O)c3ccc4[nH]cc(Cl)c4c3)OC2=O)cc1. The van der Waals surface area contributed by atoms with E-state index >= 15 is 0 Å². The number of nitrogens with zero attached hydrogens (tertiary/aromatic N) is 3. The number of aromatic amines is 1. The summed E-state index contributed by atoms with van der Waals surface area (Å²) in [5.74, 6) is -0.0212. The predicted octanol–water partition coefficient (Wildman–Crippen LogP) is 2.84. The van der Waals surface area contributed by atoms with Crippen LogP contribution in [0.1, 0.15) is 15.9 Å². The summed E-state index contributed by atoms with van der Waals surface area (Å²) >= 11 is 6.13. The molecule has 1 fully saturated rings. The van der Waals surface area contributed by atoms with Gasteiger partial charge < -0.3 is 19.9 Å². The minimum atomic E-state index is -3.58. The van der Waals surface area contributed by atoms with Crippen LogP contribution in [0.5, 0.6) is 0 Å². The molecule has 4 rings (SSSR count). The molecule has 2 heterocycles. The van der Waals surface area contributed by atoms with Crippen molar-refractivity contribution in [1.29, 1.82) is 0 Å². The normalized spacial score (nSPS) is 16.5. The maximum absolute atomic E-state index is 12.6. The Kier molecular flexibility index (Phi) is 6.73. The first-order chi connectivity index (χ1) is 16.5. The van der Waals surface area contributed by atoms with Crippen LogP contribution in [0.25, 0.3) is 10.9 Å². The highest BCUT2D eigenvalue weighted by molar-refractivity contribution is 7.89. The number of cyclic esters (lactones) is 1. The predicted molar refractivity (Wildman–Crippen MR) is 135 cm³/mol. The van der Waals surface area contributed by atoms with Crippen LogP contribution in [0.2, 0.25) is 5.02 Å². The number of halogens is 1. The van der Waals surface area contributed by atoms with E-state index in [4.69, 9.17) is 16.3 Å². The maximum Gasteiger partial charge on any atom is 0.414 e. The molecule has 1 aliphatic rings. The number of nitrogens with one attached hydrogen (secondary N) is 2. The van der Waals surface area contributed by atoms with Crippen LogP contribution in [0.4, 0.5) is 10.5 Å². The Morgan fingerprint density at radius 3 is 2.57 bits per heavy atom. The molecule has 10 nitrogen and oxygen atoms in total. The van der Waals surface area contributed by atoms with E-state index in [9.17, 15) is 18.0 Å². The van der Waals surface area contributed by atoms with Gasteiger partial charge in [0.25, 0.3) is 15.9 Å². The molecule has 1 aliphatic heterocycles. The number of amidine groups is 1. The Morgan fingerprint density at radius 1 is 1.23 bits per heavy atom. The topological polar surface area (TPSA) is 124 Å². The molecule has 2 aromatic carbocycles. The largest absolute Gasteiger partial charge is 0.442 e. The molecule has 35 heavy (non-hydrogen) atoms. The summed E-state index contributed by atoms with van der Waals surface area (Å²) in [4.78, 5) is 31.1. The summed E-state index contributed by atoms with van der Waals surface area (Å²) < 4.78 is 32.4. The van der Waals surface area contributed by atoms with Gasteiger partial charge in [0.2, 0.25) is 0 Å². The fourth-order valence-corrected chi connectivity index (χ4v) is 4.51. The number of ether oxygens (including phenoxy) is 1. The molecular weight excluding hydrogens is 494 g/mol. The van der Waals surface area contributed by atoms with Crippen LogP contribution >= 0.6 is 11.6 Å². The molecule has 2 N–H and O–H groups in total. The lowest BCUT2D eigenvalue weighted by Gasteiger charge is -2.17. The zero-order valence-corrected chi connectivity index (χ0v) is 20.9. The Balaban J connectivity index is 1.40. The van der Waals surface area contributed by atoms with Gasteiger partial charge in [0.15, 0.2) is 0 Å². The molecule has 0 aliphatic carbocycles. The molecule has 1 atom stereocenters. The van der Waals surface area contributed by atoms with Crippen molar-refractivity contribution >= 4 is 56.1 Å². The third kappa shape index (κ3) is 5.57. The van der Waals surface area contributed by atoms with E-state index in [1.165, 1.54) is 4.90 Å². The number of hydrogen-bond acceptors (Lipinski definition) is 5. The maximum atomic E-state index is 12.6. The first kappa shape index (κ1) is 24.6. The number of H-pyrrole nitrogens is 1. The molecule has 12 heteroatoms. The molecule has 0 bridgehead atoms. The highest BCUT2D eigenvalue weighted by Gasteiger charge is 2.32. The summed E-state index contributed by atoms with van der Waals surface area (Å²) in [5.41, 5.74) is 2.44. The molecule has 2 amide bonds. The summed E-state index contributed by atoms with van der Waals surface area (Å²) in [6.07, 6.45) is 1.62. The van der Waals surface area contributed by atoms with Crippen LogP contribution in [0.15, 0.2) is 53.1 Å². The van der Waals surface area contributed by atoms with E-state index in [0.717, 1.165) is 17.2 Å². The van der Waals surface area contributed by atoms with E-state index < -0.39 is 22.2 Å². The fraction of sp³-hybridized carbons (Fsp3) is 0.261. The van der Waals surface area contributed by atoms with Gasteiger partial charge >= 0.3 is 6.09 Å². The lowest BCUT2D eigenvalue weighted by Crippen LogP contribution is -2.34. The molecular formula is C23H24ClN5O5S. The van der Waals surface area contributed by atoms with Gasteiger partial charge in [-0.25, -0.2) is 13.2 Å². The molecule has 0 radical (unpaired) electrons. The van der Waals surface area contributed by atoms with E-state index in [2.05, 4.69) is 14.7 Å². The minimum Gasteiger partial charge on any atom is -0.442 e. The first-order valence-electron chi connectivity index (χ1n) is 10.6. The van der Waals surface area contributed by atoms with Gasteiger partial charge in [0, 0.05) is 48.0 Å². The van der Waals surface area contributed by atoms with Crippen molar-refractivity contribution in [2.75, 3.05) is 38.3 Å².